The van der Waals surface area contributed by atoms with Crippen molar-refractivity contribution in [3.63, 3.8) is 0 Å². The molecule has 8 nitrogen and oxygen atoms in total. The molecule has 4 N–H and O–H groups in total. The number of aromatic nitrogens is 1. The zero-order valence-electron chi connectivity index (χ0n) is 18.9. The first-order chi connectivity index (χ1) is 17.2. The number of hydrogen-bond acceptors (Lipinski definition) is 6. The van der Waals surface area contributed by atoms with Gasteiger partial charge in [-0.1, -0.05) is 24.3 Å². The molecular weight excluding hydrogens is 477 g/mol. The number of carbonyl (C=O) groups is 2. The fraction of sp³-hybridized carbons (Fsp3) is 0.240. The topological polar surface area (TPSA) is 113 Å². The molecule has 0 bridgehead atoms. The third kappa shape index (κ3) is 5.74. The third-order valence-electron chi connectivity index (χ3n) is 5.71. The smallest absolute Gasteiger partial charge is 0.418 e. The number of aromatic hydroxyl groups is 1. The number of carbonyl (C=O) groups excluding carboxylic acids is 2. The van der Waals surface area contributed by atoms with Crippen LogP contribution < -0.4 is 16.0 Å². The fourth-order valence-corrected chi connectivity index (χ4v) is 3.79. The van der Waals surface area contributed by atoms with E-state index in [1.165, 1.54) is 36.7 Å². The molecule has 2 amide bonds. The molecule has 1 fully saturated rings. The zero-order chi connectivity index (χ0) is 25.8. The van der Waals surface area contributed by atoms with Gasteiger partial charge in [0.1, 0.15) is 11.3 Å². The number of nitrogens with zero attached hydrogens (tertiary/aromatic N) is 1. The van der Waals surface area contributed by atoms with Crippen LogP contribution >= 0.6 is 0 Å². The second-order valence-electron chi connectivity index (χ2n) is 8.32. The van der Waals surface area contributed by atoms with E-state index in [9.17, 15) is 27.9 Å². The lowest BCUT2D eigenvalue weighted by Gasteiger charge is -2.27. The molecule has 2 aromatic carbocycles. The van der Waals surface area contributed by atoms with Gasteiger partial charge in [-0.25, -0.2) is 0 Å². The number of hydrogen-bond donors (Lipinski definition) is 4. The van der Waals surface area contributed by atoms with Gasteiger partial charge in [-0.15, -0.1) is 0 Å². The number of amides is 2. The lowest BCUT2D eigenvalue weighted by molar-refractivity contribution is -0.137. The molecule has 2 heterocycles. The molecule has 1 aliphatic heterocycles. The maximum Gasteiger partial charge on any atom is 0.418 e. The number of nitrogens with one attached hydrogen (secondary N) is 3. The molecule has 3 aromatic rings. The van der Waals surface area contributed by atoms with E-state index in [2.05, 4.69) is 20.9 Å². The minimum atomic E-state index is -4.49. The van der Waals surface area contributed by atoms with E-state index in [4.69, 9.17) is 4.74 Å². The molecule has 0 aliphatic carbocycles. The Labute approximate surface area is 204 Å². The number of alkyl halides is 3. The summed E-state index contributed by atoms with van der Waals surface area (Å²) in [7, 11) is 0. The molecule has 0 radical (unpaired) electrons. The molecule has 1 saturated heterocycles. The largest absolute Gasteiger partial charge is 0.506 e. The van der Waals surface area contributed by atoms with Crippen LogP contribution in [0, 0.1) is 0 Å². The second kappa shape index (κ2) is 10.2. The van der Waals surface area contributed by atoms with Crippen LogP contribution in [0.5, 0.6) is 5.75 Å². The van der Waals surface area contributed by atoms with Crippen LogP contribution in [0.3, 0.4) is 0 Å². The summed E-state index contributed by atoms with van der Waals surface area (Å²) < 4.78 is 45.0. The highest BCUT2D eigenvalue weighted by atomic mass is 19.4. The minimum Gasteiger partial charge on any atom is -0.506 e. The van der Waals surface area contributed by atoms with Crippen molar-refractivity contribution in [3.8, 4) is 5.75 Å². The van der Waals surface area contributed by atoms with Crippen molar-refractivity contribution in [2.24, 2.45) is 0 Å². The highest BCUT2D eigenvalue weighted by Crippen LogP contribution is 2.35. The second-order valence-corrected chi connectivity index (χ2v) is 8.32. The van der Waals surface area contributed by atoms with Crippen molar-refractivity contribution in [2.75, 3.05) is 18.5 Å². The Morgan fingerprint density at radius 3 is 2.50 bits per heavy atom. The Hall–Kier alpha value is -4.12. The Kier molecular flexibility index (Phi) is 7.11. The van der Waals surface area contributed by atoms with Crippen LogP contribution in [-0.4, -0.2) is 40.7 Å². The van der Waals surface area contributed by atoms with Crippen LogP contribution in [0.2, 0.25) is 0 Å². The van der Waals surface area contributed by atoms with Gasteiger partial charge in [0.2, 0.25) is 5.91 Å². The maximum atomic E-state index is 13.2. The minimum absolute atomic E-state index is 0.0156. The normalized spacial score (nSPS) is 17.4. The van der Waals surface area contributed by atoms with E-state index in [0.717, 1.165) is 6.07 Å². The lowest BCUT2D eigenvalue weighted by atomic mass is 9.96. The molecule has 1 atom stereocenters. The number of halogens is 3. The van der Waals surface area contributed by atoms with E-state index in [1.54, 1.807) is 24.3 Å². The van der Waals surface area contributed by atoms with Crippen LogP contribution in [0.25, 0.3) is 0 Å². The molecule has 188 valence electrons. The number of ether oxygens (including phenoxy) is 1. The number of anilines is 2. The Bertz CT molecular complexity index is 1240. The van der Waals surface area contributed by atoms with Crippen molar-refractivity contribution < 1.29 is 32.6 Å². The summed E-state index contributed by atoms with van der Waals surface area (Å²) >= 11 is 0. The maximum absolute atomic E-state index is 13.2. The number of rotatable bonds is 7. The summed E-state index contributed by atoms with van der Waals surface area (Å²) in [6.07, 6.45) is -1.76. The fourth-order valence-electron chi connectivity index (χ4n) is 3.79. The molecule has 4 rings (SSSR count). The van der Waals surface area contributed by atoms with Crippen LogP contribution in [-0.2, 0) is 22.3 Å². The van der Waals surface area contributed by atoms with Gasteiger partial charge in [-0.3, -0.25) is 14.6 Å². The lowest BCUT2D eigenvalue weighted by Crippen LogP contribution is -2.59. The van der Waals surface area contributed by atoms with Crippen LogP contribution in [0.1, 0.15) is 27.9 Å². The van der Waals surface area contributed by atoms with Gasteiger partial charge in [0.15, 0.2) is 0 Å². The summed E-state index contributed by atoms with van der Waals surface area (Å²) in [5.74, 6) is -1.19. The summed E-state index contributed by atoms with van der Waals surface area (Å²) in [4.78, 5) is 29.4. The first-order valence-corrected chi connectivity index (χ1v) is 11.0. The predicted molar refractivity (Wildman–Crippen MR) is 125 cm³/mol. The number of benzene rings is 2. The summed E-state index contributed by atoms with van der Waals surface area (Å²) in [6.45, 7) is 0.396. The van der Waals surface area contributed by atoms with Gasteiger partial charge < -0.3 is 25.8 Å². The zero-order valence-corrected chi connectivity index (χ0v) is 18.9. The highest BCUT2D eigenvalue weighted by Gasteiger charge is 2.43. The summed E-state index contributed by atoms with van der Waals surface area (Å²) in [5.41, 5.74) is -0.860. The van der Waals surface area contributed by atoms with Crippen molar-refractivity contribution in [2.45, 2.75) is 24.7 Å². The van der Waals surface area contributed by atoms with Gasteiger partial charge in [0, 0.05) is 31.5 Å². The van der Waals surface area contributed by atoms with Gasteiger partial charge >= 0.3 is 6.18 Å². The molecule has 1 unspecified atom stereocenters. The number of pyridine rings is 1. The highest BCUT2D eigenvalue weighted by molar-refractivity contribution is 5.99. The van der Waals surface area contributed by atoms with Crippen molar-refractivity contribution in [3.05, 3.63) is 83.7 Å². The Balaban J connectivity index is 1.39. The summed E-state index contributed by atoms with van der Waals surface area (Å²) in [5, 5.41) is 17.8. The Morgan fingerprint density at radius 1 is 1.08 bits per heavy atom. The molecule has 36 heavy (non-hydrogen) atoms. The molecular formula is C25H23F3N4O4. The van der Waals surface area contributed by atoms with Gasteiger partial charge in [0.05, 0.1) is 29.6 Å². The van der Waals surface area contributed by atoms with E-state index in [1.807, 2.05) is 0 Å². The van der Waals surface area contributed by atoms with E-state index in [0.29, 0.717) is 11.3 Å². The SMILES string of the molecule is O=C(NC1(C(=O)NCc2ccc(Nc3ccccc3C(F)(F)F)cc2)CCOC1)c1cncc(O)c1. The van der Waals surface area contributed by atoms with Crippen molar-refractivity contribution in [1.82, 2.24) is 15.6 Å². The van der Waals surface area contributed by atoms with Gasteiger partial charge in [0.25, 0.3) is 5.91 Å². The quantitative estimate of drug-likeness (QED) is 0.393. The van der Waals surface area contributed by atoms with E-state index < -0.39 is 29.1 Å². The predicted octanol–water partition coefficient (Wildman–Crippen LogP) is 3.75. The standard InChI is InChI=1S/C25H23F3N4O4/c26-25(27,28)20-3-1-2-4-21(20)31-18-7-5-16(6-8-18)12-30-23(35)24(9-10-36-15-24)32-22(34)17-11-19(33)14-29-13-17/h1-8,11,13-14,31,33H,9-10,12,15H2,(H,30,35)(H,32,34). The Morgan fingerprint density at radius 2 is 1.83 bits per heavy atom. The van der Waals surface area contributed by atoms with Gasteiger partial charge in [-0.2, -0.15) is 13.2 Å². The summed E-state index contributed by atoms with van der Waals surface area (Å²) in [6, 6.07) is 13.0. The van der Waals surface area contributed by atoms with E-state index >= 15 is 0 Å². The molecule has 1 aromatic heterocycles. The van der Waals surface area contributed by atoms with Gasteiger partial charge in [-0.05, 0) is 35.9 Å². The first kappa shape index (κ1) is 25.0. The molecule has 0 saturated carbocycles. The van der Waals surface area contributed by atoms with Crippen molar-refractivity contribution >= 4 is 23.2 Å². The van der Waals surface area contributed by atoms with Crippen LogP contribution in [0.15, 0.2) is 67.0 Å². The molecule has 0 spiro atoms. The average molecular weight is 500 g/mol. The van der Waals surface area contributed by atoms with E-state index in [-0.39, 0.29) is 43.2 Å². The molecule has 11 heteroatoms. The average Bonchev–Trinajstić information content (AvgIpc) is 3.33. The first-order valence-electron chi connectivity index (χ1n) is 11.0. The third-order valence-corrected chi connectivity index (χ3v) is 5.71. The van der Waals surface area contributed by atoms with Crippen LogP contribution in [0.4, 0.5) is 24.5 Å². The number of para-hydroxylation sites is 1. The molecule has 1 aliphatic rings. The van der Waals surface area contributed by atoms with Crippen molar-refractivity contribution in [1.29, 1.82) is 0 Å². The monoisotopic (exact) mass is 500 g/mol.